The first-order valence-corrected chi connectivity index (χ1v) is 8.80. The SMILES string of the molecule is CCNC1CCCCC1N1CCC2(CCCC2)CC1. The third-order valence-corrected chi connectivity index (χ3v) is 6.19. The lowest BCUT2D eigenvalue weighted by atomic mass is 9.76. The highest BCUT2D eigenvalue weighted by Crippen LogP contribution is 2.46. The summed E-state index contributed by atoms with van der Waals surface area (Å²) in [7, 11) is 0. The van der Waals surface area contributed by atoms with Gasteiger partial charge in [-0.25, -0.2) is 0 Å². The van der Waals surface area contributed by atoms with E-state index in [2.05, 4.69) is 17.1 Å². The molecule has 1 heterocycles. The van der Waals surface area contributed by atoms with E-state index in [1.807, 2.05) is 0 Å². The number of hydrogen-bond donors (Lipinski definition) is 1. The van der Waals surface area contributed by atoms with E-state index in [9.17, 15) is 0 Å². The molecule has 1 spiro atoms. The molecule has 0 aromatic carbocycles. The Hall–Kier alpha value is -0.0800. The summed E-state index contributed by atoms with van der Waals surface area (Å²) in [6.45, 7) is 6.16. The van der Waals surface area contributed by atoms with Crippen LogP contribution < -0.4 is 5.32 Å². The van der Waals surface area contributed by atoms with E-state index in [0.29, 0.717) is 0 Å². The molecule has 3 fully saturated rings. The molecule has 0 amide bonds. The number of likely N-dealkylation sites (N-methyl/N-ethyl adjacent to an activating group) is 1. The molecule has 2 saturated carbocycles. The lowest BCUT2D eigenvalue weighted by molar-refractivity contribution is 0.0466. The van der Waals surface area contributed by atoms with Crippen LogP contribution >= 0.6 is 0 Å². The Balaban J connectivity index is 1.57. The molecule has 3 rings (SSSR count). The molecule has 2 aliphatic carbocycles. The maximum Gasteiger partial charge on any atom is 0.0249 e. The molecular weight excluding hydrogens is 232 g/mol. The standard InChI is InChI=1S/C17H32N2/c1-2-18-15-7-3-4-8-16(15)19-13-11-17(12-14-19)9-5-6-10-17/h15-16,18H,2-14H2,1H3. The first-order chi connectivity index (χ1) is 9.33. The third-order valence-electron chi connectivity index (χ3n) is 6.19. The summed E-state index contributed by atoms with van der Waals surface area (Å²) in [6.07, 6.45) is 14.8. The maximum atomic E-state index is 3.75. The molecule has 2 atom stereocenters. The van der Waals surface area contributed by atoms with Crippen LogP contribution in [0.5, 0.6) is 0 Å². The zero-order valence-electron chi connectivity index (χ0n) is 12.8. The Morgan fingerprint density at radius 2 is 1.63 bits per heavy atom. The van der Waals surface area contributed by atoms with Crippen molar-refractivity contribution in [3.8, 4) is 0 Å². The van der Waals surface area contributed by atoms with Crippen LogP contribution in [-0.4, -0.2) is 36.6 Å². The molecule has 2 heteroatoms. The van der Waals surface area contributed by atoms with Crippen molar-refractivity contribution < 1.29 is 0 Å². The monoisotopic (exact) mass is 264 g/mol. The molecule has 1 saturated heterocycles. The van der Waals surface area contributed by atoms with Crippen LogP contribution in [0.1, 0.15) is 71.1 Å². The van der Waals surface area contributed by atoms with Crippen molar-refractivity contribution in [1.82, 2.24) is 10.2 Å². The molecule has 0 aromatic heterocycles. The van der Waals surface area contributed by atoms with Crippen molar-refractivity contribution in [3.63, 3.8) is 0 Å². The highest BCUT2D eigenvalue weighted by molar-refractivity contribution is 4.95. The molecule has 19 heavy (non-hydrogen) atoms. The summed E-state index contributed by atoms with van der Waals surface area (Å²) in [5, 5.41) is 3.75. The predicted molar refractivity (Wildman–Crippen MR) is 81.4 cm³/mol. The van der Waals surface area contributed by atoms with Crippen molar-refractivity contribution in [3.05, 3.63) is 0 Å². The van der Waals surface area contributed by atoms with Crippen molar-refractivity contribution in [2.24, 2.45) is 5.41 Å². The van der Waals surface area contributed by atoms with E-state index in [4.69, 9.17) is 0 Å². The van der Waals surface area contributed by atoms with Gasteiger partial charge in [0.05, 0.1) is 0 Å². The van der Waals surface area contributed by atoms with Gasteiger partial charge >= 0.3 is 0 Å². The average molecular weight is 264 g/mol. The van der Waals surface area contributed by atoms with Crippen LogP contribution in [0, 0.1) is 5.41 Å². The van der Waals surface area contributed by atoms with E-state index in [0.717, 1.165) is 24.0 Å². The van der Waals surface area contributed by atoms with E-state index < -0.39 is 0 Å². The smallest absolute Gasteiger partial charge is 0.0249 e. The fourth-order valence-corrected chi connectivity index (χ4v) is 5.00. The van der Waals surface area contributed by atoms with Crippen LogP contribution in [-0.2, 0) is 0 Å². The Bertz CT molecular complexity index is 271. The second kappa shape index (κ2) is 6.13. The summed E-state index contributed by atoms with van der Waals surface area (Å²) in [5.41, 5.74) is 0.777. The summed E-state index contributed by atoms with van der Waals surface area (Å²) in [6, 6.07) is 1.61. The van der Waals surface area contributed by atoms with Gasteiger partial charge in [-0.05, 0) is 63.6 Å². The Morgan fingerprint density at radius 1 is 0.947 bits per heavy atom. The molecule has 0 radical (unpaired) electrons. The second-order valence-corrected chi connectivity index (χ2v) is 7.26. The fraction of sp³-hybridized carbons (Fsp3) is 1.00. The van der Waals surface area contributed by atoms with Crippen molar-refractivity contribution in [2.45, 2.75) is 83.2 Å². The van der Waals surface area contributed by atoms with Crippen LogP contribution in [0.2, 0.25) is 0 Å². The van der Waals surface area contributed by atoms with Gasteiger partial charge in [0.2, 0.25) is 0 Å². The topological polar surface area (TPSA) is 15.3 Å². The van der Waals surface area contributed by atoms with E-state index in [1.165, 1.54) is 77.3 Å². The van der Waals surface area contributed by atoms with Gasteiger partial charge in [-0.1, -0.05) is 32.6 Å². The molecule has 110 valence electrons. The average Bonchev–Trinajstić information content (AvgIpc) is 2.89. The number of nitrogens with one attached hydrogen (secondary N) is 1. The van der Waals surface area contributed by atoms with E-state index >= 15 is 0 Å². The van der Waals surface area contributed by atoms with Gasteiger partial charge in [-0.3, -0.25) is 4.90 Å². The number of likely N-dealkylation sites (tertiary alicyclic amines) is 1. The lowest BCUT2D eigenvalue weighted by Gasteiger charge is -2.46. The van der Waals surface area contributed by atoms with Gasteiger partial charge in [0.15, 0.2) is 0 Å². The molecule has 1 N–H and O–H groups in total. The minimum absolute atomic E-state index is 0.774. The fourth-order valence-electron chi connectivity index (χ4n) is 5.00. The predicted octanol–water partition coefficient (Wildman–Crippen LogP) is 3.56. The van der Waals surface area contributed by atoms with Gasteiger partial charge in [-0.2, -0.15) is 0 Å². The largest absolute Gasteiger partial charge is 0.313 e. The lowest BCUT2D eigenvalue weighted by Crippen LogP contribution is -2.54. The van der Waals surface area contributed by atoms with Gasteiger partial charge in [0.25, 0.3) is 0 Å². The van der Waals surface area contributed by atoms with Crippen LogP contribution in [0.15, 0.2) is 0 Å². The number of hydrogen-bond acceptors (Lipinski definition) is 2. The summed E-state index contributed by atoms with van der Waals surface area (Å²) in [5.74, 6) is 0. The molecule has 0 aromatic rings. The van der Waals surface area contributed by atoms with E-state index in [1.54, 1.807) is 0 Å². The molecule has 3 aliphatic rings. The van der Waals surface area contributed by atoms with Gasteiger partial charge in [0.1, 0.15) is 0 Å². The van der Waals surface area contributed by atoms with Crippen molar-refractivity contribution in [1.29, 1.82) is 0 Å². The normalized spacial score (nSPS) is 35.8. The molecule has 2 unspecified atom stereocenters. The molecule has 1 aliphatic heterocycles. The summed E-state index contributed by atoms with van der Waals surface area (Å²) in [4.78, 5) is 2.84. The first kappa shape index (κ1) is 13.9. The highest BCUT2D eigenvalue weighted by atomic mass is 15.2. The Labute approximate surface area is 119 Å². The molecule has 2 nitrogen and oxygen atoms in total. The zero-order chi connectivity index (χ0) is 13.1. The molecule has 0 bridgehead atoms. The summed E-state index contributed by atoms with van der Waals surface area (Å²) >= 11 is 0. The van der Waals surface area contributed by atoms with Crippen molar-refractivity contribution in [2.75, 3.05) is 19.6 Å². The quantitative estimate of drug-likeness (QED) is 0.838. The molecular formula is C17H32N2. The highest BCUT2D eigenvalue weighted by Gasteiger charge is 2.39. The van der Waals surface area contributed by atoms with Crippen LogP contribution in [0.4, 0.5) is 0 Å². The minimum Gasteiger partial charge on any atom is -0.313 e. The van der Waals surface area contributed by atoms with Gasteiger partial charge in [-0.15, -0.1) is 0 Å². The van der Waals surface area contributed by atoms with Crippen molar-refractivity contribution >= 4 is 0 Å². The third kappa shape index (κ3) is 3.00. The first-order valence-electron chi connectivity index (χ1n) is 8.80. The number of rotatable bonds is 3. The maximum absolute atomic E-state index is 3.75. The Kier molecular flexibility index (Phi) is 4.48. The second-order valence-electron chi connectivity index (χ2n) is 7.26. The van der Waals surface area contributed by atoms with Crippen LogP contribution in [0.3, 0.4) is 0 Å². The Morgan fingerprint density at radius 3 is 2.32 bits per heavy atom. The van der Waals surface area contributed by atoms with Gasteiger partial charge in [0, 0.05) is 12.1 Å². The van der Waals surface area contributed by atoms with E-state index in [-0.39, 0.29) is 0 Å². The number of piperidine rings is 1. The minimum atomic E-state index is 0.774. The summed E-state index contributed by atoms with van der Waals surface area (Å²) < 4.78 is 0. The number of nitrogens with zero attached hydrogens (tertiary/aromatic N) is 1. The zero-order valence-corrected chi connectivity index (χ0v) is 12.8. The van der Waals surface area contributed by atoms with Crippen LogP contribution in [0.25, 0.3) is 0 Å². The van der Waals surface area contributed by atoms with Gasteiger partial charge < -0.3 is 5.32 Å².